The van der Waals surface area contributed by atoms with E-state index in [9.17, 15) is 4.79 Å². The lowest BCUT2D eigenvalue weighted by Gasteiger charge is -2.26. The maximum atomic E-state index is 12.2. The van der Waals surface area contributed by atoms with Gasteiger partial charge in [-0.25, -0.2) is 0 Å². The number of benzene rings is 1. The van der Waals surface area contributed by atoms with Crippen molar-refractivity contribution in [3.63, 3.8) is 0 Å². The number of nitrogens with one attached hydrogen (secondary N) is 1. The Bertz CT molecular complexity index is 696. The molecule has 7 nitrogen and oxygen atoms in total. The first-order valence-electron chi connectivity index (χ1n) is 8.64. The first kappa shape index (κ1) is 18.3. The summed E-state index contributed by atoms with van der Waals surface area (Å²) in [5.41, 5.74) is 1.06. The number of hydrogen-bond donors (Lipinski definition) is 1. The number of hydrogen-bond acceptors (Lipinski definition) is 6. The van der Waals surface area contributed by atoms with Gasteiger partial charge in [-0.15, -0.1) is 0 Å². The number of furan rings is 1. The fraction of sp³-hybridized carbons (Fsp3) is 0.421. The van der Waals surface area contributed by atoms with E-state index in [-0.39, 0.29) is 12.5 Å². The largest absolute Gasteiger partial charge is 0.493 e. The second-order valence-corrected chi connectivity index (χ2v) is 5.95. The molecule has 1 aliphatic heterocycles. The van der Waals surface area contributed by atoms with E-state index >= 15 is 0 Å². The van der Waals surface area contributed by atoms with Crippen LogP contribution >= 0.6 is 0 Å². The van der Waals surface area contributed by atoms with Gasteiger partial charge in [0.1, 0.15) is 5.76 Å². The molecule has 0 saturated carbocycles. The van der Waals surface area contributed by atoms with Gasteiger partial charge in [-0.3, -0.25) is 4.79 Å². The van der Waals surface area contributed by atoms with Crippen LogP contribution in [0.15, 0.2) is 41.0 Å². The fourth-order valence-electron chi connectivity index (χ4n) is 2.73. The zero-order valence-electron chi connectivity index (χ0n) is 14.9. The van der Waals surface area contributed by atoms with Crippen LogP contribution in [-0.4, -0.2) is 50.8 Å². The molecule has 0 bridgehead atoms. The number of carbonyl (C=O) groups excluding carboxylic acids is 1. The molecule has 1 aromatic heterocycles. The quantitative estimate of drug-likeness (QED) is 0.774. The number of carbonyl (C=O) groups is 1. The van der Waals surface area contributed by atoms with Crippen molar-refractivity contribution in [2.24, 2.45) is 0 Å². The summed E-state index contributed by atoms with van der Waals surface area (Å²) < 4.78 is 21.6. The number of morpholine rings is 1. The number of rotatable bonds is 8. The third kappa shape index (κ3) is 5.00. The van der Waals surface area contributed by atoms with Crippen molar-refractivity contribution in [3.8, 4) is 11.5 Å². The van der Waals surface area contributed by atoms with Crippen molar-refractivity contribution >= 4 is 5.91 Å². The molecule has 1 aliphatic rings. The predicted molar refractivity (Wildman–Crippen MR) is 95.1 cm³/mol. The van der Waals surface area contributed by atoms with E-state index in [4.69, 9.17) is 18.6 Å². The summed E-state index contributed by atoms with van der Waals surface area (Å²) in [6, 6.07) is 9.48. The molecule has 140 valence electrons. The summed E-state index contributed by atoms with van der Waals surface area (Å²) in [6.07, 6.45) is 1.66. The van der Waals surface area contributed by atoms with Crippen LogP contribution in [0.1, 0.15) is 11.3 Å². The van der Waals surface area contributed by atoms with Crippen LogP contribution in [0.3, 0.4) is 0 Å². The van der Waals surface area contributed by atoms with Gasteiger partial charge in [0.05, 0.1) is 33.1 Å². The molecule has 0 unspecified atom stereocenters. The predicted octanol–water partition coefficient (Wildman–Crippen LogP) is 1.82. The van der Waals surface area contributed by atoms with Crippen LogP contribution in [0, 0.1) is 0 Å². The molecule has 1 N–H and O–H groups in total. The zero-order valence-corrected chi connectivity index (χ0v) is 14.9. The molecule has 0 aliphatic carbocycles. The highest BCUT2D eigenvalue weighted by Gasteiger charge is 2.18. The summed E-state index contributed by atoms with van der Waals surface area (Å²) in [5.74, 6) is 2.01. The van der Waals surface area contributed by atoms with Gasteiger partial charge >= 0.3 is 0 Å². The summed E-state index contributed by atoms with van der Waals surface area (Å²) in [7, 11) is 1.59. The lowest BCUT2D eigenvalue weighted by molar-refractivity contribution is -0.137. The van der Waals surface area contributed by atoms with E-state index in [1.54, 1.807) is 18.3 Å². The normalized spacial score (nSPS) is 14.3. The average molecular weight is 360 g/mol. The Morgan fingerprint density at radius 1 is 1.19 bits per heavy atom. The van der Waals surface area contributed by atoms with Gasteiger partial charge < -0.3 is 28.8 Å². The molecule has 1 fully saturated rings. The van der Waals surface area contributed by atoms with Crippen LogP contribution in [0.4, 0.5) is 0 Å². The molecule has 0 radical (unpaired) electrons. The minimum atomic E-state index is -0.0421. The number of nitrogens with zero attached hydrogens (tertiary/aromatic N) is 1. The fourth-order valence-corrected chi connectivity index (χ4v) is 2.73. The second-order valence-electron chi connectivity index (χ2n) is 5.95. The Hall–Kier alpha value is -2.51. The highest BCUT2D eigenvalue weighted by molar-refractivity contribution is 5.78. The van der Waals surface area contributed by atoms with Crippen LogP contribution in [0.2, 0.25) is 0 Å². The lowest BCUT2D eigenvalue weighted by atomic mass is 10.2. The number of methoxy groups -OCH3 is 1. The standard InChI is InChI=1S/C19H24N2O5/c1-23-18-11-15(12-20-13-16-3-2-8-25-16)4-5-17(18)26-14-19(22)21-6-9-24-10-7-21/h2-5,8,11,20H,6-7,9-10,12-14H2,1H3. The van der Waals surface area contributed by atoms with Gasteiger partial charge in [0, 0.05) is 19.6 Å². The van der Waals surface area contributed by atoms with Gasteiger partial charge in [-0.2, -0.15) is 0 Å². The molecule has 7 heteroatoms. The number of ether oxygens (including phenoxy) is 3. The third-order valence-corrected chi connectivity index (χ3v) is 4.15. The van der Waals surface area contributed by atoms with Crippen LogP contribution in [0.5, 0.6) is 11.5 Å². The van der Waals surface area contributed by atoms with Crippen molar-refractivity contribution in [1.82, 2.24) is 10.2 Å². The molecule has 1 aromatic carbocycles. The van der Waals surface area contributed by atoms with Crippen molar-refractivity contribution in [2.75, 3.05) is 40.0 Å². The zero-order chi connectivity index (χ0) is 18.2. The molecule has 2 heterocycles. The van der Waals surface area contributed by atoms with Crippen LogP contribution in [0.25, 0.3) is 0 Å². The van der Waals surface area contributed by atoms with E-state index < -0.39 is 0 Å². The van der Waals surface area contributed by atoms with Crippen molar-refractivity contribution < 1.29 is 23.4 Å². The first-order valence-corrected chi connectivity index (χ1v) is 8.64. The monoisotopic (exact) mass is 360 g/mol. The molecule has 1 saturated heterocycles. The van der Waals surface area contributed by atoms with Gasteiger partial charge in [-0.1, -0.05) is 6.07 Å². The first-order chi connectivity index (χ1) is 12.8. The van der Waals surface area contributed by atoms with E-state index in [0.29, 0.717) is 50.9 Å². The Kier molecular flexibility index (Phi) is 6.51. The Morgan fingerprint density at radius 2 is 2.04 bits per heavy atom. The highest BCUT2D eigenvalue weighted by Crippen LogP contribution is 2.28. The smallest absolute Gasteiger partial charge is 0.260 e. The van der Waals surface area contributed by atoms with Gasteiger partial charge in [0.2, 0.25) is 0 Å². The summed E-state index contributed by atoms with van der Waals surface area (Å²) >= 11 is 0. The summed E-state index contributed by atoms with van der Waals surface area (Å²) in [5, 5.41) is 3.31. The van der Waals surface area contributed by atoms with Crippen LogP contribution < -0.4 is 14.8 Å². The molecule has 0 atom stereocenters. The highest BCUT2D eigenvalue weighted by atomic mass is 16.5. The Balaban J connectivity index is 1.51. The average Bonchev–Trinajstić information content (AvgIpc) is 3.20. The van der Waals surface area contributed by atoms with E-state index in [1.165, 1.54) is 0 Å². The maximum absolute atomic E-state index is 12.2. The molecule has 0 spiro atoms. The van der Waals surface area contributed by atoms with Crippen LogP contribution in [-0.2, 0) is 22.6 Å². The third-order valence-electron chi connectivity index (χ3n) is 4.15. The van der Waals surface area contributed by atoms with E-state index in [1.807, 2.05) is 30.3 Å². The van der Waals surface area contributed by atoms with Gasteiger partial charge in [0.25, 0.3) is 5.91 Å². The molecular formula is C19H24N2O5. The topological polar surface area (TPSA) is 73.2 Å². The van der Waals surface area contributed by atoms with Crippen molar-refractivity contribution in [3.05, 3.63) is 47.9 Å². The van der Waals surface area contributed by atoms with Gasteiger partial charge in [0.15, 0.2) is 18.1 Å². The molecule has 3 rings (SSSR count). The summed E-state index contributed by atoms with van der Waals surface area (Å²) in [6.45, 7) is 3.70. The number of amides is 1. The molecule has 26 heavy (non-hydrogen) atoms. The van der Waals surface area contributed by atoms with E-state index in [2.05, 4.69) is 5.32 Å². The molecule has 1 amide bonds. The lowest BCUT2D eigenvalue weighted by Crippen LogP contribution is -2.43. The Labute approximate surface area is 152 Å². The molecular weight excluding hydrogens is 336 g/mol. The van der Waals surface area contributed by atoms with Crippen molar-refractivity contribution in [1.29, 1.82) is 0 Å². The SMILES string of the molecule is COc1cc(CNCc2ccco2)ccc1OCC(=O)N1CCOCC1. The maximum Gasteiger partial charge on any atom is 0.260 e. The molecule has 2 aromatic rings. The Morgan fingerprint density at radius 3 is 2.77 bits per heavy atom. The van der Waals surface area contributed by atoms with E-state index in [0.717, 1.165) is 11.3 Å². The van der Waals surface area contributed by atoms with Gasteiger partial charge in [-0.05, 0) is 29.8 Å². The minimum Gasteiger partial charge on any atom is -0.493 e. The summed E-state index contributed by atoms with van der Waals surface area (Å²) in [4.78, 5) is 13.9. The van der Waals surface area contributed by atoms with Crippen molar-refractivity contribution in [2.45, 2.75) is 13.1 Å². The second kappa shape index (κ2) is 9.26. The minimum absolute atomic E-state index is 0.00749.